The second kappa shape index (κ2) is 33.4. The Labute approximate surface area is 629 Å². The van der Waals surface area contributed by atoms with Gasteiger partial charge in [-0.3, -0.25) is 14.6 Å². The molecule has 6 aliphatic rings. The number of methoxy groups -OCH3 is 3. The second-order valence-corrected chi connectivity index (χ2v) is 35.7. The van der Waals surface area contributed by atoms with Crippen LogP contribution in [0.25, 0.3) is 28.3 Å². The average Bonchev–Trinajstić information content (AvgIpc) is 1.48. The molecule has 3 fully saturated rings. The first-order valence-electron chi connectivity index (χ1n) is 35.1. The number of fused-ring (bicyclic) bond motifs is 2. The van der Waals surface area contributed by atoms with Crippen molar-refractivity contribution < 1.29 is 33.4 Å². The van der Waals surface area contributed by atoms with Gasteiger partial charge in [-0.2, -0.15) is 9.97 Å². The number of halogens is 2. The molecule has 14 rings (SSSR count). The lowest BCUT2D eigenvalue weighted by Crippen LogP contribution is -2.34. The lowest BCUT2D eigenvalue weighted by atomic mass is 9.75. The zero-order chi connectivity index (χ0) is 70.5. The summed E-state index contributed by atoms with van der Waals surface area (Å²) in [6, 6.07) is 10.3. The van der Waals surface area contributed by atoms with Gasteiger partial charge in [0.25, 0.3) is 17.5 Å². The van der Waals surface area contributed by atoms with Gasteiger partial charge >= 0.3 is 17.9 Å². The number of esters is 3. The standard InChI is InChI=1S/C30H35N7O3S2.C26H32IN5O2S.C18H24INO2S/c1-17-5-7-20(8-6-17)23-13-36(14-25-33-30-32-18(2)11-19(3)37(30)35-25)10-9-21(23)22-12-26(42-27(22)29(39)40-4)34-28(38)24-15-41-16-31-24;1-15-5-7-18(8-6-15)21-13-31(14-23-29-26-28-16(2)11-17(3)32(26)30-23)10-9-19(21)20-12-22(27)35-24(20)25(33)34-4;1-11-3-5-12(6-4-11)15-10-20-8-7-13(15)14-9-16(19)23-17(14)18(21)22-2/h11-12,15-17,20H,5-10,13-14H2,1-4H3,(H,34,38);11-12,15,18H,5-10,13-14H2,1-4H3;9,11-12,20H,3-8,10H2,1-2H3. The molecular formula is C74H91I2N13O7S4. The van der Waals surface area contributed by atoms with Crippen LogP contribution in [-0.2, 0) is 27.3 Å². The summed E-state index contributed by atoms with van der Waals surface area (Å²) in [6.45, 7) is 21.8. The van der Waals surface area contributed by atoms with Crippen molar-refractivity contribution in [3.05, 3.63) is 135 Å². The van der Waals surface area contributed by atoms with Gasteiger partial charge in [0.2, 0.25) is 0 Å². The number of carbonyl (C=O) groups is 4. The first-order chi connectivity index (χ1) is 48.2. The van der Waals surface area contributed by atoms with Gasteiger partial charge in [-0.25, -0.2) is 38.4 Å². The number of amides is 1. The summed E-state index contributed by atoms with van der Waals surface area (Å²) in [7, 11) is 4.34. The van der Waals surface area contributed by atoms with Crippen molar-refractivity contribution in [1.29, 1.82) is 0 Å². The van der Waals surface area contributed by atoms with Gasteiger partial charge < -0.3 is 24.8 Å². The molecule has 11 heterocycles. The molecular weight excluding hydrogens is 1560 g/mol. The van der Waals surface area contributed by atoms with Crippen LogP contribution in [0.15, 0.2) is 57.9 Å². The van der Waals surface area contributed by atoms with E-state index in [-0.39, 0.29) is 23.8 Å². The van der Waals surface area contributed by atoms with Crippen LogP contribution in [0.2, 0.25) is 0 Å². The third-order valence-corrected chi connectivity index (χ3v) is 26.2. The van der Waals surface area contributed by atoms with Crippen LogP contribution < -0.4 is 10.6 Å². The molecule has 0 atom stereocenters. The van der Waals surface area contributed by atoms with Gasteiger partial charge in [-0.15, -0.1) is 55.5 Å². The quantitative estimate of drug-likeness (QED) is 0.0553. The molecule has 0 aromatic carbocycles. The van der Waals surface area contributed by atoms with Gasteiger partial charge in [0.15, 0.2) is 11.6 Å². The fraction of sp³-hybridized carbons (Fsp3) is 0.527. The highest BCUT2D eigenvalue weighted by Crippen LogP contribution is 2.46. The highest BCUT2D eigenvalue weighted by molar-refractivity contribution is 14.1. The van der Waals surface area contributed by atoms with Crippen LogP contribution in [0.5, 0.6) is 0 Å². The Hall–Kier alpha value is -5.73. The summed E-state index contributed by atoms with van der Waals surface area (Å²) in [5.41, 5.74) is 17.4. The maximum absolute atomic E-state index is 13.0. The smallest absolute Gasteiger partial charge is 0.348 e. The van der Waals surface area contributed by atoms with Crippen LogP contribution in [0, 0.1) is 69.0 Å². The van der Waals surface area contributed by atoms with Gasteiger partial charge in [-0.1, -0.05) is 59.3 Å². The van der Waals surface area contributed by atoms with E-state index in [2.05, 4.69) is 113 Å². The van der Waals surface area contributed by atoms with E-state index in [1.807, 2.05) is 54.9 Å². The van der Waals surface area contributed by atoms with E-state index in [4.69, 9.17) is 34.4 Å². The summed E-state index contributed by atoms with van der Waals surface area (Å²) in [4.78, 5) is 80.1. The summed E-state index contributed by atoms with van der Waals surface area (Å²) < 4.78 is 21.3. The Balaban J connectivity index is 0.000000148. The van der Waals surface area contributed by atoms with E-state index < -0.39 is 0 Å². The number of hydrogen-bond acceptors (Lipinski definition) is 21. The van der Waals surface area contributed by atoms with Gasteiger partial charge in [0, 0.05) is 77.6 Å². The van der Waals surface area contributed by atoms with E-state index in [0.29, 0.717) is 58.0 Å². The largest absolute Gasteiger partial charge is 0.465 e. The van der Waals surface area contributed by atoms with Crippen molar-refractivity contribution in [2.45, 2.75) is 158 Å². The number of rotatable bonds is 15. The molecule has 2 N–H and O–H groups in total. The highest BCUT2D eigenvalue weighted by Gasteiger charge is 2.36. The predicted molar refractivity (Wildman–Crippen MR) is 414 cm³/mol. The Kier molecular flexibility index (Phi) is 24.7. The molecule has 0 bridgehead atoms. The molecule has 0 radical (unpaired) electrons. The number of thiazole rings is 1. The topological polar surface area (TPSA) is 226 Å². The fourth-order valence-corrected chi connectivity index (χ4v) is 20.7. The minimum Gasteiger partial charge on any atom is -0.465 e. The summed E-state index contributed by atoms with van der Waals surface area (Å²) >= 11 is 10.3. The van der Waals surface area contributed by atoms with Crippen LogP contribution in [-0.4, -0.2) is 138 Å². The lowest BCUT2D eigenvalue weighted by Gasteiger charge is -2.37. The lowest BCUT2D eigenvalue weighted by molar-refractivity contribution is 0.0597. The molecule has 100 heavy (non-hydrogen) atoms. The van der Waals surface area contributed by atoms with Crippen molar-refractivity contribution in [2.24, 2.45) is 35.5 Å². The molecule has 8 aromatic rings. The average molecular weight is 1660 g/mol. The van der Waals surface area contributed by atoms with Crippen LogP contribution in [0.3, 0.4) is 0 Å². The SMILES string of the molecule is COC(=O)c1sc(I)cc1C1=C(C2CCC(C)CC2)CN(Cc2nc3nc(C)cc(C)n3n2)CC1.COC(=O)c1sc(I)cc1C1=C(C2CCC(C)CC2)CNCC1.COC(=O)c1sc(NC(=O)c2cscn2)cc1C1=C(C2CCC(C)CC2)CN(Cc2nc3nc(C)cc(C)n3n2)CC1. The highest BCUT2D eigenvalue weighted by atomic mass is 127. The first-order valence-corrected chi connectivity index (χ1v) is 40.6. The maximum Gasteiger partial charge on any atom is 0.348 e. The van der Waals surface area contributed by atoms with Crippen molar-refractivity contribution in [3.63, 3.8) is 0 Å². The zero-order valence-electron chi connectivity index (χ0n) is 58.9. The maximum atomic E-state index is 13.0. The number of nitrogens with one attached hydrogen (secondary N) is 2. The number of thiophene rings is 3. The summed E-state index contributed by atoms with van der Waals surface area (Å²) in [6.07, 6.45) is 17.6. The number of hydrogen-bond donors (Lipinski definition) is 2. The van der Waals surface area contributed by atoms with Gasteiger partial charge in [0.05, 0.1) is 50.7 Å². The molecule has 20 nitrogen and oxygen atoms in total. The molecule has 3 saturated carbocycles. The van der Waals surface area contributed by atoms with Crippen molar-refractivity contribution in [1.82, 2.24) is 59.3 Å². The summed E-state index contributed by atoms with van der Waals surface area (Å²) in [5, 5.41) is 18.3. The van der Waals surface area contributed by atoms with Gasteiger partial charge in [-0.05, 0) is 236 Å². The number of nitrogens with zero attached hydrogens (tertiary/aromatic N) is 11. The van der Waals surface area contributed by atoms with E-state index in [1.165, 1.54) is 147 Å². The fourth-order valence-electron chi connectivity index (χ4n) is 15.6. The molecule has 0 spiro atoms. The van der Waals surface area contributed by atoms with Crippen molar-refractivity contribution in [2.75, 3.05) is 65.9 Å². The first kappa shape index (κ1) is 74.0. The van der Waals surface area contributed by atoms with E-state index in [1.54, 1.807) is 27.8 Å². The Bertz CT molecular complexity index is 4390. The Morgan fingerprint density at radius 1 is 0.550 bits per heavy atom. The molecule has 1 amide bonds. The third kappa shape index (κ3) is 17.4. The molecule has 8 aromatic heterocycles. The molecule has 0 saturated heterocycles. The normalized spacial score (nSPS) is 21.8. The van der Waals surface area contributed by atoms with E-state index in [9.17, 15) is 19.2 Å². The number of carbonyl (C=O) groups excluding carboxylic acids is 4. The van der Waals surface area contributed by atoms with Crippen LogP contribution in [0.4, 0.5) is 5.00 Å². The monoisotopic (exact) mass is 1660 g/mol. The van der Waals surface area contributed by atoms with Crippen LogP contribution >= 0.6 is 90.5 Å². The number of aryl methyl sites for hydroxylation is 4. The van der Waals surface area contributed by atoms with E-state index in [0.717, 1.165) is 156 Å². The van der Waals surface area contributed by atoms with Crippen molar-refractivity contribution >= 4 is 148 Å². The molecule has 3 aliphatic heterocycles. The Morgan fingerprint density at radius 3 is 1.40 bits per heavy atom. The number of ether oxygens (including phenoxy) is 3. The second-order valence-electron chi connectivity index (χ2n) is 28.0. The third-order valence-electron chi connectivity index (χ3n) is 20.9. The van der Waals surface area contributed by atoms with E-state index >= 15 is 0 Å². The predicted octanol–water partition coefficient (Wildman–Crippen LogP) is 16.2. The Morgan fingerprint density at radius 2 is 0.970 bits per heavy atom. The van der Waals surface area contributed by atoms with Gasteiger partial charge in [0.1, 0.15) is 20.3 Å². The molecule has 0 unspecified atom stereocenters. The van der Waals surface area contributed by atoms with Crippen LogP contribution in [0.1, 0.15) is 208 Å². The molecule has 26 heteroatoms. The minimum absolute atomic E-state index is 0.199. The number of anilines is 1. The molecule has 532 valence electrons. The minimum atomic E-state index is -0.386. The zero-order valence-corrected chi connectivity index (χ0v) is 66.5. The summed E-state index contributed by atoms with van der Waals surface area (Å²) in [5.74, 6) is 5.83. The molecule has 3 aliphatic carbocycles. The number of aromatic nitrogens is 9. The van der Waals surface area contributed by atoms with Crippen molar-refractivity contribution in [3.8, 4) is 0 Å².